The second-order valence-corrected chi connectivity index (χ2v) is 7.48. The summed E-state index contributed by atoms with van der Waals surface area (Å²) in [5.41, 5.74) is 1.56. The molecule has 1 saturated heterocycles. The molecule has 0 aliphatic carbocycles. The molecule has 1 heterocycles. The van der Waals surface area contributed by atoms with Gasteiger partial charge >= 0.3 is 5.97 Å². The highest BCUT2D eigenvalue weighted by molar-refractivity contribution is 7.88. The maximum atomic E-state index is 12.4. The number of hydrogen-bond acceptors (Lipinski definition) is 5. The molecule has 0 bridgehead atoms. The summed E-state index contributed by atoms with van der Waals surface area (Å²) in [7, 11) is -2.15. The first-order valence-electron chi connectivity index (χ1n) is 7.20. The van der Waals surface area contributed by atoms with Crippen molar-refractivity contribution in [1.29, 1.82) is 0 Å². The second kappa shape index (κ2) is 6.67. The zero-order valence-electron chi connectivity index (χ0n) is 13.3. The van der Waals surface area contributed by atoms with Gasteiger partial charge in [-0.15, -0.1) is 0 Å². The number of carbonyl (C=O) groups excluding carboxylic acids is 2. The minimum absolute atomic E-state index is 0.319. The first-order valence-corrected chi connectivity index (χ1v) is 9.05. The number of carbonyl (C=O) groups is 2. The molecular weight excluding hydrogens is 320 g/mol. The molecular formula is C15H20N2O5S. The summed E-state index contributed by atoms with van der Waals surface area (Å²) < 4.78 is 29.3. The van der Waals surface area contributed by atoms with Gasteiger partial charge in [0.1, 0.15) is 6.04 Å². The highest BCUT2D eigenvalue weighted by Gasteiger charge is 2.36. The molecule has 1 amide bonds. The van der Waals surface area contributed by atoms with E-state index in [0.29, 0.717) is 30.6 Å². The van der Waals surface area contributed by atoms with Crippen LogP contribution in [-0.2, 0) is 19.6 Å². The molecule has 8 heteroatoms. The number of aryl methyl sites for hydroxylation is 1. The number of esters is 1. The summed E-state index contributed by atoms with van der Waals surface area (Å²) in [4.78, 5) is 24.0. The Morgan fingerprint density at radius 2 is 2.04 bits per heavy atom. The molecule has 2 rings (SSSR count). The lowest BCUT2D eigenvalue weighted by molar-refractivity contribution is -0.119. The lowest BCUT2D eigenvalue weighted by Crippen LogP contribution is -2.42. The van der Waals surface area contributed by atoms with Gasteiger partial charge in [0.2, 0.25) is 15.9 Å². The Balaban J connectivity index is 2.22. The van der Waals surface area contributed by atoms with E-state index >= 15 is 0 Å². The van der Waals surface area contributed by atoms with E-state index in [9.17, 15) is 18.0 Å². The fraction of sp³-hybridized carbons (Fsp3) is 0.467. The van der Waals surface area contributed by atoms with Gasteiger partial charge in [0.25, 0.3) is 0 Å². The van der Waals surface area contributed by atoms with E-state index in [0.717, 1.165) is 11.8 Å². The summed E-state index contributed by atoms with van der Waals surface area (Å²) in [6, 6.07) is 4.12. The Morgan fingerprint density at radius 3 is 2.65 bits per heavy atom. The Morgan fingerprint density at radius 1 is 1.35 bits per heavy atom. The lowest BCUT2D eigenvalue weighted by atomic mass is 10.1. The predicted molar refractivity (Wildman–Crippen MR) is 85.7 cm³/mol. The molecule has 0 saturated carbocycles. The highest BCUT2D eigenvalue weighted by Crippen LogP contribution is 2.23. The topological polar surface area (TPSA) is 92.8 Å². The summed E-state index contributed by atoms with van der Waals surface area (Å²) in [5.74, 6) is -0.892. The quantitative estimate of drug-likeness (QED) is 0.830. The van der Waals surface area contributed by atoms with Crippen molar-refractivity contribution in [2.24, 2.45) is 0 Å². The van der Waals surface area contributed by atoms with Crippen molar-refractivity contribution in [2.45, 2.75) is 25.8 Å². The fourth-order valence-electron chi connectivity index (χ4n) is 2.62. The Hall–Kier alpha value is -1.93. The summed E-state index contributed by atoms with van der Waals surface area (Å²) in [5, 5.41) is 2.72. The standard InChI is InChI=1S/C15H20N2O5S/c1-10-6-7-11(15(19)22-2)9-12(10)16-14(18)13-5-4-8-17(13)23(3,20)21/h6-7,9,13H,4-5,8H2,1-3H3,(H,16,18). The SMILES string of the molecule is COC(=O)c1ccc(C)c(NC(=O)C2CCCN2S(C)(=O)=O)c1. The molecule has 1 aliphatic heterocycles. The highest BCUT2D eigenvalue weighted by atomic mass is 32.2. The van der Waals surface area contributed by atoms with Crippen molar-refractivity contribution in [3.8, 4) is 0 Å². The average Bonchev–Trinajstić information content (AvgIpc) is 2.98. The van der Waals surface area contributed by atoms with Gasteiger partial charge in [0.05, 0.1) is 18.9 Å². The van der Waals surface area contributed by atoms with Crippen molar-refractivity contribution in [2.75, 3.05) is 25.2 Å². The van der Waals surface area contributed by atoms with Gasteiger partial charge < -0.3 is 10.1 Å². The van der Waals surface area contributed by atoms with Crippen LogP contribution in [0.3, 0.4) is 0 Å². The Bertz CT molecular complexity index is 729. The molecule has 1 fully saturated rings. The van der Waals surface area contributed by atoms with Crippen molar-refractivity contribution in [3.63, 3.8) is 0 Å². The normalized spacial score (nSPS) is 18.7. The molecule has 0 radical (unpaired) electrons. The van der Waals surface area contributed by atoms with Crippen LogP contribution in [0.4, 0.5) is 5.69 Å². The van der Waals surface area contributed by atoms with Gasteiger partial charge in [-0.3, -0.25) is 4.79 Å². The van der Waals surface area contributed by atoms with E-state index in [4.69, 9.17) is 0 Å². The number of nitrogens with zero attached hydrogens (tertiary/aromatic N) is 1. The van der Waals surface area contributed by atoms with Gasteiger partial charge in [-0.25, -0.2) is 13.2 Å². The molecule has 23 heavy (non-hydrogen) atoms. The van der Waals surface area contributed by atoms with Gasteiger partial charge in [-0.1, -0.05) is 6.07 Å². The predicted octanol–water partition coefficient (Wildman–Crippen LogP) is 1.14. The second-order valence-electron chi connectivity index (χ2n) is 5.54. The molecule has 1 unspecified atom stereocenters. The summed E-state index contributed by atoms with van der Waals surface area (Å²) >= 11 is 0. The number of benzene rings is 1. The van der Waals surface area contributed by atoms with Crippen molar-refractivity contribution >= 4 is 27.6 Å². The van der Waals surface area contributed by atoms with E-state index in [1.807, 2.05) is 0 Å². The molecule has 7 nitrogen and oxygen atoms in total. The monoisotopic (exact) mass is 340 g/mol. The smallest absolute Gasteiger partial charge is 0.337 e. The Labute approximate surface area is 135 Å². The van der Waals surface area contributed by atoms with Crippen LogP contribution in [0.25, 0.3) is 0 Å². The number of rotatable bonds is 4. The zero-order valence-corrected chi connectivity index (χ0v) is 14.1. The largest absolute Gasteiger partial charge is 0.465 e. The summed E-state index contributed by atoms with van der Waals surface area (Å²) in [6.07, 6.45) is 2.22. The van der Waals surface area contributed by atoms with Crippen molar-refractivity contribution < 1.29 is 22.7 Å². The lowest BCUT2D eigenvalue weighted by Gasteiger charge is -2.22. The number of nitrogens with one attached hydrogen (secondary N) is 1. The van der Waals surface area contributed by atoms with E-state index in [2.05, 4.69) is 10.1 Å². The van der Waals surface area contributed by atoms with Crippen LogP contribution in [0.15, 0.2) is 18.2 Å². The maximum Gasteiger partial charge on any atom is 0.337 e. The molecule has 1 N–H and O–H groups in total. The first kappa shape index (κ1) is 17.4. The van der Waals surface area contributed by atoms with E-state index < -0.39 is 27.9 Å². The third-order valence-corrected chi connectivity index (χ3v) is 5.14. The van der Waals surface area contributed by atoms with Crippen LogP contribution >= 0.6 is 0 Å². The average molecular weight is 340 g/mol. The van der Waals surface area contributed by atoms with Crippen LogP contribution in [0.2, 0.25) is 0 Å². The number of sulfonamides is 1. The van der Waals surface area contributed by atoms with E-state index in [1.165, 1.54) is 17.5 Å². The minimum atomic E-state index is -3.43. The van der Waals surface area contributed by atoms with Crippen LogP contribution in [0, 0.1) is 6.92 Å². The number of amides is 1. The minimum Gasteiger partial charge on any atom is -0.465 e. The van der Waals surface area contributed by atoms with Crippen molar-refractivity contribution in [1.82, 2.24) is 4.31 Å². The molecule has 1 atom stereocenters. The number of methoxy groups -OCH3 is 1. The Kier molecular flexibility index (Phi) is 5.06. The molecule has 1 aromatic carbocycles. The van der Waals surface area contributed by atoms with Crippen LogP contribution in [0.5, 0.6) is 0 Å². The molecule has 0 aromatic heterocycles. The van der Waals surface area contributed by atoms with E-state index in [1.54, 1.807) is 19.1 Å². The number of ether oxygens (including phenoxy) is 1. The maximum absolute atomic E-state index is 12.4. The third kappa shape index (κ3) is 3.89. The van der Waals surface area contributed by atoms with Gasteiger partial charge in [-0.05, 0) is 37.5 Å². The summed E-state index contributed by atoms with van der Waals surface area (Å²) in [6.45, 7) is 2.14. The van der Waals surface area contributed by atoms with Crippen LogP contribution < -0.4 is 5.32 Å². The van der Waals surface area contributed by atoms with Gasteiger partial charge in [0, 0.05) is 12.2 Å². The van der Waals surface area contributed by atoms with Crippen LogP contribution in [-0.4, -0.2) is 50.6 Å². The van der Waals surface area contributed by atoms with Gasteiger partial charge in [0.15, 0.2) is 0 Å². The molecule has 126 valence electrons. The zero-order chi connectivity index (χ0) is 17.2. The van der Waals surface area contributed by atoms with Gasteiger partial charge in [-0.2, -0.15) is 4.31 Å². The molecule has 1 aliphatic rings. The van der Waals surface area contributed by atoms with Crippen LogP contribution in [0.1, 0.15) is 28.8 Å². The number of hydrogen-bond donors (Lipinski definition) is 1. The molecule has 0 spiro atoms. The first-order chi connectivity index (χ1) is 10.7. The van der Waals surface area contributed by atoms with Crippen molar-refractivity contribution in [3.05, 3.63) is 29.3 Å². The fourth-order valence-corrected chi connectivity index (χ4v) is 3.74. The third-order valence-electron chi connectivity index (χ3n) is 3.85. The molecule has 1 aromatic rings. The van der Waals surface area contributed by atoms with E-state index in [-0.39, 0.29) is 0 Å². The number of anilines is 1.